The fourth-order valence-electron chi connectivity index (χ4n) is 2.04. The number of H-pyrrole nitrogens is 1. The highest BCUT2D eigenvalue weighted by molar-refractivity contribution is 9.10. The largest absolute Gasteiger partial charge is 0.417 e. The summed E-state index contributed by atoms with van der Waals surface area (Å²) >= 11 is 9.64. The molecule has 3 aromatic rings. The molecule has 3 nitrogen and oxygen atoms in total. The van der Waals surface area contributed by atoms with E-state index in [0.717, 1.165) is 0 Å². The summed E-state index contributed by atoms with van der Waals surface area (Å²) < 4.78 is 19.5. The van der Waals surface area contributed by atoms with Gasteiger partial charge in [-0.05, 0) is 29.8 Å². The summed E-state index contributed by atoms with van der Waals surface area (Å²) in [6.07, 6.45) is 0. The summed E-state index contributed by atoms with van der Waals surface area (Å²) in [7, 11) is 0. The Labute approximate surface area is 126 Å². The Hall–Kier alpha value is -1.59. The van der Waals surface area contributed by atoms with Crippen molar-refractivity contribution in [2.45, 2.75) is 5.38 Å². The highest BCUT2D eigenvalue weighted by Crippen LogP contribution is 2.36. The summed E-state index contributed by atoms with van der Waals surface area (Å²) in [5.41, 5.74) is 1.97. The molecule has 0 amide bonds. The number of aromatic amines is 1. The first-order chi connectivity index (χ1) is 9.56. The predicted octanol–water partition coefficient (Wildman–Crippen LogP) is 4.35. The maximum Gasteiger partial charge on any atom is 0.417 e. The molecule has 102 valence electrons. The van der Waals surface area contributed by atoms with Crippen LogP contribution >= 0.6 is 27.5 Å². The number of hydrogen-bond donors (Lipinski definition) is 1. The fraction of sp³-hybridized carbons (Fsp3) is 0.0714. The monoisotopic (exact) mass is 355 g/mol. The second kappa shape index (κ2) is 5.07. The number of rotatable bonds is 2. The molecule has 0 bridgehead atoms. The third kappa shape index (κ3) is 2.27. The predicted molar refractivity (Wildman–Crippen MR) is 78.6 cm³/mol. The number of hydrogen-bond acceptors (Lipinski definition) is 2. The molecule has 0 radical (unpaired) electrons. The van der Waals surface area contributed by atoms with Crippen molar-refractivity contribution in [3.05, 3.63) is 68.4 Å². The van der Waals surface area contributed by atoms with Gasteiger partial charge in [-0.1, -0.05) is 28.1 Å². The van der Waals surface area contributed by atoms with Crippen LogP contribution in [0.3, 0.4) is 0 Å². The topological polar surface area (TPSA) is 46.0 Å². The standard InChI is InChI=1S/C14H8BrClFNO2/c15-8-2-1-3-9(17)12(8)13(16)7-4-5-10-11(6-7)20-14(19)18-10/h1-6,13H,(H,18,19). The normalized spacial score (nSPS) is 12.8. The molecule has 0 fully saturated rings. The number of aromatic nitrogens is 1. The van der Waals surface area contributed by atoms with E-state index >= 15 is 0 Å². The van der Waals surface area contributed by atoms with Gasteiger partial charge in [0.25, 0.3) is 0 Å². The van der Waals surface area contributed by atoms with Gasteiger partial charge >= 0.3 is 5.76 Å². The van der Waals surface area contributed by atoms with E-state index in [1.54, 1.807) is 30.3 Å². The molecule has 0 saturated carbocycles. The number of alkyl halides is 1. The molecule has 0 aliphatic rings. The summed E-state index contributed by atoms with van der Waals surface area (Å²) in [6.45, 7) is 0. The number of benzene rings is 2. The Bertz CT molecular complexity index is 822. The molecule has 0 aliphatic heterocycles. The fourth-order valence-corrected chi connectivity index (χ4v) is 3.10. The average molecular weight is 357 g/mol. The van der Waals surface area contributed by atoms with Gasteiger partial charge in [0.2, 0.25) is 0 Å². The number of oxazole rings is 1. The minimum atomic E-state index is -0.685. The first-order valence-corrected chi connectivity index (χ1v) is 7.00. The van der Waals surface area contributed by atoms with Gasteiger partial charge in [-0.25, -0.2) is 9.18 Å². The second-order valence-electron chi connectivity index (χ2n) is 4.27. The molecule has 1 atom stereocenters. The van der Waals surface area contributed by atoms with Crippen LogP contribution in [0.25, 0.3) is 11.1 Å². The summed E-state index contributed by atoms with van der Waals surface area (Å²) in [5, 5.41) is -0.685. The van der Waals surface area contributed by atoms with E-state index in [1.807, 2.05) is 0 Å². The Morgan fingerprint density at radius 1 is 1.30 bits per heavy atom. The van der Waals surface area contributed by atoms with Crippen molar-refractivity contribution >= 4 is 38.6 Å². The summed E-state index contributed by atoms with van der Waals surface area (Å²) in [6, 6.07) is 9.71. The van der Waals surface area contributed by atoms with Gasteiger partial charge in [0, 0.05) is 10.0 Å². The van der Waals surface area contributed by atoms with Gasteiger partial charge in [-0.3, -0.25) is 4.98 Å². The Balaban J connectivity index is 2.12. The number of halogens is 3. The Morgan fingerprint density at radius 2 is 2.10 bits per heavy atom. The molecule has 3 rings (SSSR count). The van der Waals surface area contributed by atoms with Gasteiger partial charge in [0.1, 0.15) is 5.82 Å². The minimum absolute atomic E-state index is 0.353. The summed E-state index contributed by atoms with van der Waals surface area (Å²) in [4.78, 5) is 13.7. The number of nitrogens with one attached hydrogen (secondary N) is 1. The van der Waals surface area contributed by atoms with E-state index in [-0.39, 0.29) is 0 Å². The maximum atomic E-state index is 13.9. The van der Waals surface area contributed by atoms with Crippen LogP contribution in [0.5, 0.6) is 0 Å². The highest BCUT2D eigenvalue weighted by atomic mass is 79.9. The summed E-state index contributed by atoms with van der Waals surface area (Å²) in [5.74, 6) is -0.926. The first-order valence-electron chi connectivity index (χ1n) is 5.77. The maximum absolute atomic E-state index is 13.9. The molecule has 0 saturated heterocycles. The van der Waals surface area contributed by atoms with Crippen molar-refractivity contribution in [1.29, 1.82) is 0 Å². The van der Waals surface area contributed by atoms with Crippen LogP contribution in [0.4, 0.5) is 4.39 Å². The van der Waals surface area contributed by atoms with Crippen molar-refractivity contribution in [3.63, 3.8) is 0 Å². The SMILES string of the molecule is O=c1[nH]c2ccc(C(Cl)c3c(F)cccc3Br)cc2o1. The van der Waals surface area contributed by atoms with E-state index in [2.05, 4.69) is 20.9 Å². The van der Waals surface area contributed by atoms with E-state index < -0.39 is 17.0 Å². The Kier molecular flexibility index (Phi) is 3.40. The lowest BCUT2D eigenvalue weighted by atomic mass is 10.0. The molecule has 0 spiro atoms. The van der Waals surface area contributed by atoms with Crippen LogP contribution in [0.2, 0.25) is 0 Å². The van der Waals surface area contributed by atoms with Crippen molar-refractivity contribution in [2.75, 3.05) is 0 Å². The van der Waals surface area contributed by atoms with Crippen LogP contribution in [0, 0.1) is 5.82 Å². The van der Waals surface area contributed by atoms with Crippen molar-refractivity contribution < 1.29 is 8.81 Å². The molecule has 1 aromatic heterocycles. The smallest absolute Gasteiger partial charge is 0.408 e. The van der Waals surface area contributed by atoms with Gasteiger partial charge in [-0.2, -0.15) is 0 Å². The lowest BCUT2D eigenvalue weighted by molar-refractivity contribution is 0.555. The lowest BCUT2D eigenvalue weighted by Crippen LogP contribution is -1.98. The molecular weight excluding hydrogens is 349 g/mol. The van der Waals surface area contributed by atoms with Gasteiger partial charge in [-0.15, -0.1) is 11.6 Å². The molecule has 1 unspecified atom stereocenters. The van der Waals surface area contributed by atoms with E-state index in [9.17, 15) is 9.18 Å². The Morgan fingerprint density at radius 3 is 2.85 bits per heavy atom. The highest BCUT2D eigenvalue weighted by Gasteiger charge is 2.19. The van der Waals surface area contributed by atoms with Crippen LogP contribution in [0.1, 0.15) is 16.5 Å². The lowest BCUT2D eigenvalue weighted by Gasteiger charge is -2.13. The van der Waals surface area contributed by atoms with E-state index in [1.165, 1.54) is 6.07 Å². The van der Waals surface area contributed by atoms with Gasteiger partial charge in [0.15, 0.2) is 5.58 Å². The molecule has 6 heteroatoms. The molecule has 1 N–H and O–H groups in total. The van der Waals surface area contributed by atoms with E-state index in [0.29, 0.717) is 26.7 Å². The minimum Gasteiger partial charge on any atom is -0.408 e. The molecular formula is C14H8BrClFNO2. The van der Waals surface area contributed by atoms with Crippen LogP contribution in [-0.2, 0) is 0 Å². The first kappa shape index (κ1) is 13.4. The van der Waals surface area contributed by atoms with Crippen LogP contribution < -0.4 is 5.76 Å². The average Bonchev–Trinajstić information content (AvgIpc) is 2.77. The van der Waals surface area contributed by atoms with Crippen molar-refractivity contribution in [2.24, 2.45) is 0 Å². The van der Waals surface area contributed by atoms with Crippen LogP contribution in [-0.4, -0.2) is 4.98 Å². The van der Waals surface area contributed by atoms with Crippen molar-refractivity contribution in [3.8, 4) is 0 Å². The second-order valence-corrected chi connectivity index (χ2v) is 5.56. The zero-order valence-corrected chi connectivity index (χ0v) is 12.3. The molecule has 1 heterocycles. The third-order valence-corrected chi connectivity index (χ3v) is 4.15. The molecule has 2 aromatic carbocycles. The zero-order valence-electron chi connectivity index (χ0n) is 9.99. The van der Waals surface area contributed by atoms with Gasteiger partial charge in [0.05, 0.1) is 10.9 Å². The zero-order chi connectivity index (χ0) is 14.3. The molecule has 20 heavy (non-hydrogen) atoms. The van der Waals surface area contributed by atoms with E-state index in [4.69, 9.17) is 16.0 Å². The quantitative estimate of drug-likeness (QED) is 0.694. The number of fused-ring (bicyclic) bond motifs is 1. The van der Waals surface area contributed by atoms with Gasteiger partial charge < -0.3 is 4.42 Å². The van der Waals surface area contributed by atoms with Crippen molar-refractivity contribution in [1.82, 2.24) is 4.98 Å². The molecule has 0 aliphatic carbocycles. The third-order valence-electron chi connectivity index (χ3n) is 2.99. The van der Waals surface area contributed by atoms with Crippen LogP contribution in [0.15, 0.2) is 50.1 Å².